The number of benzene rings is 1. The molecule has 3 nitrogen and oxygen atoms in total. The zero-order valence-corrected chi connectivity index (χ0v) is 9.20. The molecule has 0 saturated carbocycles. The van der Waals surface area contributed by atoms with Gasteiger partial charge in [-0.05, 0) is 6.07 Å². The van der Waals surface area contributed by atoms with Crippen LogP contribution < -0.4 is 0 Å². The maximum absolute atomic E-state index is 13.4. The molecule has 1 rings (SSSR count). The average molecular weight is 241 g/mol. The molecule has 1 aromatic rings. The summed E-state index contributed by atoms with van der Waals surface area (Å²) in [5.41, 5.74) is 0.133. The van der Waals surface area contributed by atoms with Gasteiger partial charge in [-0.25, -0.2) is 8.78 Å². The third-order valence-electron chi connectivity index (χ3n) is 2.17. The number of rotatable bonds is 6. The van der Waals surface area contributed by atoms with E-state index in [9.17, 15) is 13.6 Å². The van der Waals surface area contributed by atoms with E-state index in [1.165, 1.54) is 23.1 Å². The van der Waals surface area contributed by atoms with Gasteiger partial charge in [0.05, 0.1) is 6.54 Å². The molecule has 0 unspecified atom stereocenters. The van der Waals surface area contributed by atoms with Gasteiger partial charge in [-0.2, -0.15) is 0 Å². The lowest BCUT2D eigenvalue weighted by Crippen LogP contribution is -2.29. The van der Waals surface area contributed by atoms with Crippen LogP contribution >= 0.6 is 0 Å². The van der Waals surface area contributed by atoms with Crippen molar-refractivity contribution in [3.8, 4) is 0 Å². The zero-order valence-electron chi connectivity index (χ0n) is 9.20. The van der Waals surface area contributed by atoms with E-state index in [2.05, 4.69) is 6.58 Å². The van der Waals surface area contributed by atoms with E-state index >= 15 is 0 Å². The van der Waals surface area contributed by atoms with Crippen LogP contribution in [-0.4, -0.2) is 29.1 Å². The molecule has 0 heterocycles. The molecule has 17 heavy (non-hydrogen) atoms. The van der Waals surface area contributed by atoms with E-state index < -0.39 is 17.6 Å². The highest BCUT2D eigenvalue weighted by molar-refractivity contribution is 5.69. The van der Waals surface area contributed by atoms with Gasteiger partial charge in [-0.15, -0.1) is 6.58 Å². The quantitative estimate of drug-likeness (QED) is 0.775. The second-order valence-electron chi connectivity index (χ2n) is 3.56. The molecule has 1 N–H and O–H groups in total. The van der Waals surface area contributed by atoms with E-state index in [-0.39, 0.29) is 18.7 Å². The minimum atomic E-state index is -1.02. The van der Waals surface area contributed by atoms with Crippen LogP contribution in [0.3, 0.4) is 0 Å². The van der Waals surface area contributed by atoms with E-state index in [4.69, 9.17) is 5.11 Å². The summed E-state index contributed by atoms with van der Waals surface area (Å²) in [7, 11) is 0. The number of carboxylic acid groups (broad SMARTS) is 1. The second kappa shape index (κ2) is 6.10. The van der Waals surface area contributed by atoms with Crippen LogP contribution in [-0.2, 0) is 11.3 Å². The smallest absolute Gasteiger partial charge is 0.317 e. The van der Waals surface area contributed by atoms with Crippen LogP contribution in [0.5, 0.6) is 0 Å². The fourth-order valence-electron chi connectivity index (χ4n) is 1.47. The first-order chi connectivity index (χ1) is 8.04. The zero-order chi connectivity index (χ0) is 12.8. The van der Waals surface area contributed by atoms with Gasteiger partial charge in [0.25, 0.3) is 0 Å². The highest BCUT2D eigenvalue weighted by Gasteiger charge is 2.13. The fourth-order valence-corrected chi connectivity index (χ4v) is 1.47. The van der Waals surface area contributed by atoms with Gasteiger partial charge in [-0.1, -0.05) is 18.2 Å². The molecular formula is C12H13F2NO2. The van der Waals surface area contributed by atoms with Crippen LogP contribution in [0, 0.1) is 11.6 Å². The van der Waals surface area contributed by atoms with Crippen LogP contribution in [0.4, 0.5) is 8.78 Å². The number of carboxylic acids is 1. The maximum atomic E-state index is 13.4. The first-order valence-corrected chi connectivity index (χ1v) is 5.02. The molecule has 0 amide bonds. The number of hydrogen-bond donors (Lipinski definition) is 1. The van der Waals surface area contributed by atoms with Gasteiger partial charge < -0.3 is 5.11 Å². The molecule has 92 valence electrons. The molecule has 1 aromatic carbocycles. The van der Waals surface area contributed by atoms with Crippen molar-refractivity contribution in [2.45, 2.75) is 6.54 Å². The van der Waals surface area contributed by atoms with Gasteiger partial charge in [-0.3, -0.25) is 9.69 Å². The van der Waals surface area contributed by atoms with Gasteiger partial charge in [0.15, 0.2) is 11.6 Å². The Morgan fingerprint density at radius 3 is 2.76 bits per heavy atom. The third kappa shape index (κ3) is 3.96. The van der Waals surface area contributed by atoms with E-state index in [1.54, 1.807) is 0 Å². The summed E-state index contributed by atoms with van der Waals surface area (Å²) in [4.78, 5) is 12.0. The summed E-state index contributed by atoms with van der Waals surface area (Å²) in [6, 6.07) is 3.84. The van der Waals surface area contributed by atoms with Gasteiger partial charge in [0.2, 0.25) is 0 Å². The van der Waals surface area contributed by atoms with Crippen molar-refractivity contribution in [1.82, 2.24) is 4.90 Å². The largest absolute Gasteiger partial charge is 0.480 e. The molecule has 0 aliphatic carbocycles. The molecule has 0 aromatic heterocycles. The van der Waals surface area contributed by atoms with E-state index in [0.717, 1.165) is 6.07 Å². The van der Waals surface area contributed by atoms with Crippen molar-refractivity contribution >= 4 is 5.97 Å². The summed E-state index contributed by atoms with van der Waals surface area (Å²) in [6.45, 7) is 3.56. The fraction of sp³-hybridized carbons (Fsp3) is 0.250. The summed E-state index contributed by atoms with van der Waals surface area (Å²) >= 11 is 0. The SMILES string of the molecule is C=CCN(CC(=O)O)Cc1cccc(F)c1F. The van der Waals surface area contributed by atoms with Crippen LogP contribution in [0.1, 0.15) is 5.56 Å². The molecular weight excluding hydrogens is 228 g/mol. The lowest BCUT2D eigenvalue weighted by molar-refractivity contribution is -0.138. The van der Waals surface area contributed by atoms with Crippen molar-refractivity contribution < 1.29 is 18.7 Å². The minimum absolute atomic E-state index is 0.0297. The Kier molecular flexibility index (Phi) is 4.78. The Morgan fingerprint density at radius 1 is 1.47 bits per heavy atom. The Hall–Kier alpha value is -1.75. The monoisotopic (exact) mass is 241 g/mol. The van der Waals surface area contributed by atoms with Crippen molar-refractivity contribution in [3.05, 3.63) is 48.1 Å². The normalized spacial score (nSPS) is 10.5. The topological polar surface area (TPSA) is 40.5 Å². The second-order valence-corrected chi connectivity index (χ2v) is 3.56. The highest BCUT2D eigenvalue weighted by Crippen LogP contribution is 2.13. The minimum Gasteiger partial charge on any atom is -0.480 e. The van der Waals surface area contributed by atoms with Crippen LogP contribution in [0.2, 0.25) is 0 Å². The molecule has 0 atom stereocenters. The first kappa shape index (κ1) is 13.3. The summed E-state index contributed by atoms with van der Waals surface area (Å²) in [5.74, 6) is -2.90. The number of hydrogen-bond acceptors (Lipinski definition) is 2. The van der Waals surface area contributed by atoms with Crippen molar-refractivity contribution in [1.29, 1.82) is 0 Å². The number of nitrogens with zero attached hydrogens (tertiary/aromatic N) is 1. The Labute approximate surface area is 98.0 Å². The summed E-state index contributed by atoms with van der Waals surface area (Å²) < 4.78 is 26.3. The summed E-state index contributed by atoms with van der Waals surface area (Å²) in [6.07, 6.45) is 1.51. The van der Waals surface area contributed by atoms with Crippen molar-refractivity contribution in [2.75, 3.05) is 13.1 Å². The Morgan fingerprint density at radius 2 is 2.18 bits per heavy atom. The summed E-state index contributed by atoms with van der Waals surface area (Å²) in [5, 5.41) is 8.67. The Balaban J connectivity index is 2.81. The molecule has 0 aliphatic heterocycles. The highest BCUT2D eigenvalue weighted by atomic mass is 19.2. The molecule has 0 radical (unpaired) electrons. The molecule has 0 saturated heterocycles. The molecule has 0 fully saturated rings. The lowest BCUT2D eigenvalue weighted by atomic mass is 10.2. The maximum Gasteiger partial charge on any atom is 0.317 e. The lowest BCUT2D eigenvalue weighted by Gasteiger charge is -2.18. The first-order valence-electron chi connectivity index (χ1n) is 5.02. The number of carbonyl (C=O) groups is 1. The molecule has 5 heteroatoms. The van der Waals surface area contributed by atoms with Crippen LogP contribution in [0.15, 0.2) is 30.9 Å². The predicted molar refractivity (Wildman–Crippen MR) is 59.5 cm³/mol. The standard InChI is InChI=1S/C12H13F2NO2/c1-2-6-15(8-11(16)17)7-9-4-3-5-10(13)12(9)14/h2-5H,1,6-8H2,(H,16,17). The number of halogens is 2. The molecule has 0 bridgehead atoms. The number of aliphatic carboxylic acids is 1. The van der Waals surface area contributed by atoms with Gasteiger partial charge >= 0.3 is 5.97 Å². The van der Waals surface area contributed by atoms with Crippen molar-refractivity contribution in [2.24, 2.45) is 0 Å². The molecule has 0 spiro atoms. The molecule has 0 aliphatic rings. The van der Waals surface area contributed by atoms with E-state index in [1.807, 2.05) is 0 Å². The predicted octanol–water partition coefficient (Wildman–Crippen LogP) is 2.04. The Bertz CT molecular complexity index is 421. The van der Waals surface area contributed by atoms with E-state index in [0.29, 0.717) is 6.54 Å². The average Bonchev–Trinajstić information content (AvgIpc) is 2.24. The van der Waals surface area contributed by atoms with Crippen LogP contribution in [0.25, 0.3) is 0 Å². The van der Waals surface area contributed by atoms with Gasteiger partial charge in [0, 0.05) is 18.7 Å². The van der Waals surface area contributed by atoms with Crippen molar-refractivity contribution in [3.63, 3.8) is 0 Å². The van der Waals surface area contributed by atoms with Gasteiger partial charge in [0.1, 0.15) is 0 Å². The third-order valence-corrected chi connectivity index (χ3v) is 2.17.